The van der Waals surface area contributed by atoms with Gasteiger partial charge in [-0.3, -0.25) is 14.5 Å². The maximum atomic E-state index is 12.4. The van der Waals surface area contributed by atoms with Crippen molar-refractivity contribution < 1.29 is 33.5 Å². The van der Waals surface area contributed by atoms with Crippen molar-refractivity contribution in [2.75, 3.05) is 20.1 Å². The number of amides is 3. The Balaban J connectivity index is 2.12. The Labute approximate surface area is 186 Å². The third-order valence-electron chi connectivity index (χ3n) is 4.49. The van der Waals surface area contributed by atoms with Crippen LogP contribution in [0.1, 0.15) is 39.2 Å². The van der Waals surface area contributed by atoms with Crippen molar-refractivity contribution in [2.45, 2.75) is 51.2 Å². The minimum atomic E-state index is -1.40. The second-order valence-electron chi connectivity index (χ2n) is 8.78. The summed E-state index contributed by atoms with van der Waals surface area (Å²) >= 11 is 0. The van der Waals surface area contributed by atoms with Crippen LogP contribution in [-0.4, -0.2) is 71.4 Å². The van der Waals surface area contributed by atoms with Crippen LogP contribution in [-0.2, 0) is 35.2 Å². The minimum Gasteiger partial charge on any atom is -0.444 e. The lowest BCUT2D eigenvalue weighted by Crippen LogP contribution is -2.59. The summed E-state index contributed by atoms with van der Waals surface area (Å²) in [5, 5.41) is 3.10. The van der Waals surface area contributed by atoms with Gasteiger partial charge in [0, 0.05) is 25.8 Å². The molecule has 1 fully saturated rings. The number of hydroxylamine groups is 2. The Kier molecular flexibility index (Phi) is 8.09. The number of nitrogens with one attached hydrogen (secondary N) is 1. The Morgan fingerprint density at radius 2 is 1.72 bits per heavy atom. The molecule has 32 heavy (non-hydrogen) atoms. The molecule has 0 bridgehead atoms. The highest BCUT2D eigenvalue weighted by Crippen LogP contribution is 2.17. The van der Waals surface area contributed by atoms with Gasteiger partial charge in [0.2, 0.25) is 0 Å². The third-order valence-corrected chi connectivity index (χ3v) is 4.49. The molecule has 1 aromatic carbocycles. The van der Waals surface area contributed by atoms with Crippen LogP contribution in [0.2, 0.25) is 0 Å². The first-order chi connectivity index (χ1) is 14.9. The van der Waals surface area contributed by atoms with Crippen LogP contribution >= 0.6 is 0 Å². The lowest BCUT2D eigenvalue weighted by molar-refractivity contribution is -0.198. The summed E-state index contributed by atoms with van der Waals surface area (Å²) in [6.07, 6.45) is -0.0248. The predicted molar refractivity (Wildman–Crippen MR) is 113 cm³/mol. The molecule has 1 aromatic rings. The molecule has 1 heterocycles. The van der Waals surface area contributed by atoms with E-state index < -0.39 is 35.0 Å². The highest BCUT2D eigenvalue weighted by atomic mass is 16.7. The minimum absolute atomic E-state index is 0.00686. The van der Waals surface area contributed by atoms with Gasteiger partial charge in [-0.25, -0.2) is 9.59 Å². The SMILES string of the molecule is CN(CC(=O)ON1C(=O)CCC1=O)C[C@@](C=O)(Cc1ccccc1)NC(=O)OC(C)(C)C. The zero-order chi connectivity index (χ0) is 23.9. The number of carbonyl (C=O) groups is 5. The Hall–Kier alpha value is -3.27. The lowest BCUT2D eigenvalue weighted by atomic mass is 9.91. The van der Waals surface area contributed by atoms with E-state index in [-0.39, 0.29) is 32.4 Å². The average molecular weight is 447 g/mol. The first kappa shape index (κ1) is 25.0. The second-order valence-corrected chi connectivity index (χ2v) is 8.78. The number of imide groups is 1. The van der Waals surface area contributed by atoms with Gasteiger partial charge in [0.25, 0.3) is 11.8 Å². The average Bonchev–Trinajstić information content (AvgIpc) is 2.98. The van der Waals surface area contributed by atoms with Crippen LogP contribution in [0.25, 0.3) is 0 Å². The van der Waals surface area contributed by atoms with Crippen LogP contribution in [0.15, 0.2) is 30.3 Å². The van der Waals surface area contributed by atoms with E-state index in [9.17, 15) is 24.0 Å². The summed E-state index contributed by atoms with van der Waals surface area (Å²) in [7, 11) is 1.55. The van der Waals surface area contributed by atoms with Gasteiger partial charge in [-0.15, -0.1) is 5.06 Å². The van der Waals surface area contributed by atoms with E-state index in [4.69, 9.17) is 9.57 Å². The summed E-state index contributed by atoms with van der Waals surface area (Å²) in [6, 6.07) is 9.07. The molecular weight excluding hydrogens is 418 g/mol. The normalized spacial score (nSPS) is 16.0. The predicted octanol–water partition coefficient (Wildman–Crippen LogP) is 1.23. The van der Waals surface area contributed by atoms with Crippen molar-refractivity contribution in [2.24, 2.45) is 0 Å². The van der Waals surface area contributed by atoms with Crippen LogP contribution in [0, 0.1) is 0 Å². The molecular formula is C22H29N3O7. The molecule has 0 aromatic heterocycles. The number of likely N-dealkylation sites (N-methyl/N-ethyl adjacent to an activating group) is 1. The zero-order valence-electron chi connectivity index (χ0n) is 18.8. The van der Waals surface area contributed by atoms with E-state index in [1.807, 2.05) is 30.3 Å². The van der Waals surface area contributed by atoms with E-state index >= 15 is 0 Å². The molecule has 10 heteroatoms. The van der Waals surface area contributed by atoms with Gasteiger partial charge in [-0.2, -0.15) is 0 Å². The number of aldehydes is 1. The highest BCUT2D eigenvalue weighted by Gasteiger charge is 2.37. The van der Waals surface area contributed by atoms with Gasteiger partial charge in [0.1, 0.15) is 17.4 Å². The molecule has 1 aliphatic rings. The lowest BCUT2D eigenvalue weighted by Gasteiger charge is -2.34. The molecule has 0 radical (unpaired) electrons. The molecule has 10 nitrogen and oxygen atoms in total. The summed E-state index contributed by atoms with van der Waals surface area (Å²) < 4.78 is 5.31. The fourth-order valence-electron chi connectivity index (χ4n) is 3.26. The first-order valence-corrected chi connectivity index (χ1v) is 10.2. The maximum absolute atomic E-state index is 12.4. The van der Waals surface area contributed by atoms with E-state index in [1.54, 1.807) is 27.8 Å². The first-order valence-electron chi connectivity index (χ1n) is 10.2. The molecule has 0 aliphatic carbocycles. The Morgan fingerprint density at radius 3 is 2.25 bits per heavy atom. The number of carbonyl (C=O) groups excluding carboxylic acids is 5. The number of ether oxygens (including phenoxy) is 1. The van der Waals surface area contributed by atoms with Crippen LogP contribution in [0.3, 0.4) is 0 Å². The highest BCUT2D eigenvalue weighted by molar-refractivity contribution is 6.01. The van der Waals surface area contributed by atoms with Crippen molar-refractivity contribution in [1.82, 2.24) is 15.3 Å². The Bertz CT molecular complexity index is 850. The van der Waals surface area contributed by atoms with Crippen LogP contribution in [0.5, 0.6) is 0 Å². The van der Waals surface area contributed by atoms with Gasteiger partial charge in [-0.05, 0) is 33.4 Å². The molecule has 174 valence electrons. The van der Waals surface area contributed by atoms with E-state index in [0.717, 1.165) is 5.56 Å². The number of rotatable bonds is 9. The fraction of sp³-hybridized carbons (Fsp3) is 0.500. The van der Waals surface area contributed by atoms with Crippen molar-refractivity contribution >= 4 is 30.2 Å². The van der Waals surface area contributed by atoms with Gasteiger partial charge < -0.3 is 19.7 Å². The van der Waals surface area contributed by atoms with Gasteiger partial charge >= 0.3 is 12.1 Å². The third kappa shape index (κ3) is 7.45. The van der Waals surface area contributed by atoms with Crippen molar-refractivity contribution in [3.63, 3.8) is 0 Å². The summed E-state index contributed by atoms with van der Waals surface area (Å²) in [5.74, 6) is -2.00. The second kappa shape index (κ2) is 10.4. The maximum Gasteiger partial charge on any atom is 0.408 e. The van der Waals surface area contributed by atoms with Crippen molar-refractivity contribution in [1.29, 1.82) is 0 Å². The monoisotopic (exact) mass is 447 g/mol. The smallest absolute Gasteiger partial charge is 0.408 e. The summed E-state index contributed by atoms with van der Waals surface area (Å²) in [6.45, 7) is 4.74. The van der Waals surface area contributed by atoms with E-state index in [1.165, 1.54) is 4.90 Å². The zero-order valence-corrected chi connectivity index (χ0v) is 18.8. The van der Waals surface area contributed by atoms with Crippen LogP contribution < -0.4 is 5.32 Å². The number of benzene rings is 1. The molecule has 1 atom stereocenters. The van der Waals surface area contributed by atoms with Gasteiger partial charge in [0.15, 0.2) is 0 Å². The van der Waals surface area contributed by atoms with Gasteiger partial charge in [0.05, 0.1) is 6.54 Å². The van der Waals surface area contributed by atoms with E-state index in [2.05, 4.69) is 5.32 Å². The van der Waals surface area contributed by atoms with Gasteiger partial charge in [-0.1, -0.05) is 30.3 Å². The molecule has 0 spiro atoms. The van der Waals surface area contributed by atoms with Crippen molar-refractivity contribution in [3.05, 3.63) is 35.9 Å². The fourth-order valence-corrected chi connectivity index (χ4v) is 3.26. The number of hydrogen-bond donors (Lipinski definition) is 1. The molecule has 0 saturated carbocycles. The number of nitrogens with zero attached hydrogens (tertiary/aromatic N) is 2. The quantitative estimate of drug-likeness (QED) is 0.443. The molecule has 2 rings (SSSR count). The molecule has 3 amide bonds. The van der Waals surface area contributed by atoms with Crippen molar-refractivity contribution in [3.8, 4) is 0 Å². The topological polar surface area (TPSA) is 122 Å². The molecule has 0 unspecified atom stereocenters. The largest absolute Gasteiger partial charge is 0.444 e. The van der Waals surface area contributed by atoms with Crippen LogP contribution in [0.4, 0.5) is 4.79 Å². The standard InChI is InChI=1S/C22H29N3O7/c1-21(2,3)31-20(30)23-22(15-26,12-16-8-6-5-7-9-16)14-24(4)13-19(29)32-25-17(27)10-11-18(25)28/h5-9,15H,10-14H2,1-4H3,(H,23,30)/t22-/m1/s1. The van der Waals surface area contributed by atoms with E-state index in [0.29, 0.717) is 11.3 Å². The number of hydrogen-bond acceptors (Lipinski definition) is 8. The number of alkyl carbamates (subject to hydrolysis) is 1. The molecule has 1 saturated heterocycles. The molecule has 1 aliphatic heterocycles. The molecule has 1 N–H and O–H groups in total. The summed E-state index contributed by atoms with van der Waals surface area (Å²) in [5.41, 5.74) is -1.38. The summed E-state index contributed by atoms with van der Waals surface area (Å²) in [4.78, 5) is 66.5. The Morgan fingerprint density at radius 1 is 1.12 bits per heavy atom.